The molecule has 5 heteroatoms. The molecule has 0 heterocycles. The van der Waals surface area contributed by atoms with Gasteiger partial charge in [-0.2, -0.15) is 13.2 Å². The number of halogens is 4. The summed E-state index contributed by atoms with van der Waals surface area (Å²) in [5.74, 6) is 1.03. The molecule has 0 saturated heterocycles. The molecule has 1 nitrogen and oxygen atoms in total. The molecule has 0 atom stereocenters. The maximum absolute atomic E-state index is 12.4. The maximum Gasteiger partial charge on any atom is 0.416 e. The molecule has 0 radical (unpaired) electrons. The minimum absolute atomic E-state index is 0.212. The molecule has 2 aromatic rings. The molecule has 0 aliphatic heterocycles. The van der Waals surface area contributed by atoms with Crippen LogP contribution < -0.4 is 4.74 Å². The van der Waals surface area contributed by atoms with Gasteiger partial charge in [-0.3, -0.25) is 0 Å². The number of hydrogen-bond acceptors (Lipinski definition) is 1. The second-order valence-electron chi connectivity index (χ2n) is 4.26. The highest BCUT2D eigenvalue weighted by Gasteiger charge is 2.29. The lowest BCUT2D eigenvalue weighted by Crippen LogP contribution is -2.05. The van der Waals surface area contributed by atoms with Crippen LogP contribution in [0.15, 0.2) is 48.5 Å². The van der Waals surface area contributed by atoms with Crippen molar-refractivity contribution in [1.82, 2.24) is 0 Å². The summed E-state index contributed by atoms with van der Waals surface area (Å²) in [6.07, 6.45) is -4.31. The van der Waals surface area contributed by atoms with E-state index in [9.17, 15) is 13.2 Å². The third kappa shape index (κ3) is 3.90. The highest BCUT2D eigenvalue weighted by Crippen LogP contribution is 2.29. The molecule has 2 rings (SSSR count). The normalized spacial score (nSPS) is 11.4. The zero-order chi connectivity index (χ0) is 14.6. The standard InChI is InChI=1S/C15H12ClF3O/c16-9-12-2-1-3-14(8-12)20-10-11-4-6-13(7-5-11)15(17,18)19/h1-8H,9-10H2. The van der Waals surface area contributed by atoms with Gasteiger partial charge in [0.05, 0.1) is 5.56 Å². The summed E-state index contributed by atoms with van der Waals surface area (Å²) in [7, 11) is 0. The summed E-state index contributed by atoms with van der Waals surface area (Å²) in [6.45, 7) is 0.212. The third-order valence-corrected chi connectivity index (χ3v) is 3.05. The van der Waals surface area contributed by atoms with Crippen LogP contribution in [0.4, 0.5) is 13.2 Å². The quantitative estimate of drug-likeness (QED) is 0.720. The maximum atomic E-state index is 12.4. The lowest BCUT2D eigenvalue weighted by atomic mass is 10.1. The first-order valence-corrected chi connectivity index (χ1v) is 6.46. The van der Waals surface area contributed by atoms with E-state index in [0.717, 1.165) is 17.7 Å². The van der Waals surface area contributed by atoms with Crippen molar-refractivity contribution in [3.05, 3.63) is 65.2 Å². The number of hydrogen-bond donors (Lipinski definition) is 0. The van der Waals surface area contributed by atoms with Crippen LogP contribution in [0.1, 0.15) is 16.7 Å². The summed E-state index contributed by atoms with van der Waals surface area (Å²) in [5.41, 5.74) is 0.941. The summed E-state index contributed by atoms with van der Waals surface area (Å²) in [4.78, 5) is 0. The van der Waals surface area contributed by atoms with Crippen LogP contribution >= 0.6 is 11.6 Å². The van der Waals surface area contributed by atoms with Crippen molar-refractivity contribution < 1.29 is 17.9 Å². The molecule has 0 fully saturated rings. The number of rotatable bonds is 4. The predicted molar refractivity (Wildman–Crippen MR) is 71.8 cm³/mol. The minimum atomic E-state index is -4.31. The number of ether oxygens (including phenoxy) is 1. The van der Waals surface area contributed by atoms with Gasteiger partial charge in [0, 0.05) is 5.88 Å². The highest BCUT2D eigenvalue weighted by atomic mass is 35.5. The molecule has 2 aromatic carbocycles. The average Bonchev–Trinajstić information content (AvgIpc) is 2.45. The van der Waals surface area contributed by atoms with Gasteiger partial charge in [0.15, 0.2) is 0 Å². The fourth-order valence-corrected chi connectivity index (χ4v) is 1.84. The molecule has 0 saturated carbocycles. The third-order valence-electron chi connectivity index (χ3n) is 2.74. The fraction of sp³-hybridized carbons (Fsp3) is 0.200. The Morgan fingerprint density at radius 3 is 2.25 bits per heavy atom. The Labute approximate surface area is 119 Å². The zero-order valence-corrected chi connectivity index (χ0v) is 11.2. The van der Waals surface area contributed by atoms with E-state index in [1.807, 2.05) is 12.1 Å². The Balaban J connectivity index is 2.00. The summed E-state index contributed by atoms with van der Waals surface area (Å²) < 4.78 is 42.8. The fourth-order valence-electron chi connectivity index (χ4n) is 1.68. The van der Waals surface area contributed by atoms with E-state index in [-0.39, 0.29) is 6.61 Å². The van der Waals surface area contributed by atoms with Gasteiger partial charge in [-0.05, 0) is 35.4 Å². The average molecular weight is 301 g/mol. The summed E-state index contributed by atoms with van der Waals surface area (Å²) >= 11 is 5.71. The van der Waals surface area contributed by atoms with E-state index in [0.29, 0.717) is 17.2 Å². The number of benzene rings is 2. The van der Waals surface area contributed by atoms with E-state index < -0.39 is 11.7 Å². The molecule has 0 aliphatic carbocycles. The molecule has 0 amide bonds. The van der Waals surface area contributed by atoms with Gasteiger partial charge in [0.25, 0.3) is 0 Å². The second kappa shape index (κ2) is 6.18. The van der Waals surface area contributed by atoms with Crippen molar-refractivity contribution in [2.24, 2.45) is 0 Å². The Morgan fingerprint density at radius 1 is 0.950 bits per heavy atom. The Bertz CT molecular complexity index is 564. The van der Waals surface area contributed by atoms with E-state index in [1.54, 1.807) is 12.1 Å². The molecule has 0 bridgehead atoms. The molecule has 20 heavy (non-hydrogen) atoms. The first-order valence-electron chi connectivity index (χ1n) is 5.93. The van der Waals surface area contributed by atoms with Crippen LogP contribution in [0.25, 0.3) is 0 Å². The van der Waals surface area contributed by atoms with Crippen molar-refractivity contribution in [2.45, 2.75) is 18.7 Å². The van der Waals surface area contributed by atoms with E-state index in [2.05, 4.69) is 0 Å². The van der Waals surface area contributed by atoms with Gasteiger partial charge in [0.2, 0.25) is 0 Å². The van der Waals surface area contributed by atoms with Crippen molar-refractivity contribution in [3.63, 3.8) is 0 Å². The molecular weight excluding hydrogens is 289 g/mol. The van der Waals surface area contributed by atoms with E-state index >= 15 is 0 Å². The van der Waals surface area contributed by atoms with Gasteiger partial charge in [-0.25, -0.2) is 0 Å². The van der Waals surface area contributed by atoms with Crippen molar-refractivity contribution in [1.29, 1.82) is 0 Å². The minimum Gasteiger partial charge on any atom is -0.489 e. The second-order valence-corrected chi connectivity index (χ2v) is 4.53. The van der Waals surface area contributed by atoms with Crippen LogP contribution in [-0.2, 0) is 18.7 Å². The molecule has 0 aliphatic rings. The topological polar surface area (TPSA) is 9.23 Å². The molecule has 0 unspecified atom stereocenters. The van der Waals surface area contributed by atoms with Gasteiger partial charge < -0.3 is 4.74 Å². The van der Waals surface area contributed by atoms with Gasteiger partial charge in [0.1, 0.15) is 12.4 Å². The molecule has 0 spiro atoms. The van der Waals surface area contributed by atoms with Crippen LogP contribution in [-0.4, -0.2) is 0 Å². The first kappa shape index (κ1) is 14.7. The van der Waals surface area contributed by atoms with Gasteiger partial charge in [-0.1, -0.05) is 24.3 Å². The monoisotopic (exact) mass is 300 g/mol. The van der Waals surface area contributed by atoms with Crippen molar-refractivity contribution in [2.75, 3.05) is 0 Å². The SMILES string of the molecule is FC(F)(F)c1ccc(COc2cccc(CCl)c2)cc1. The lowest BCUT2D eigenvalue weighted by Gasteiger charge is -2.09. The molecule has 106 valence electrons. The summed E-state index contributed by atoms with van der Waals surface area (Å²) in [5, 5.41) is 0. The zero-order valence-electron chi connectivity index (χ0n) is 10.5. The first-order chi connectivity index (χ1) is 9.49. The molecule has 0 N–H and O–H groups in total. The van der Waals surface area contributed by atoms with Crippen LogP contribution in [0.5, 0.6) is 5.75 Å². The van der Waals surface area contributed by atoms with Crippen LogP contribution in [0, 0.1) is 0 Å². The molecule has 0 aromatic heterocycles. The van der Waals surface area contributed by atoms with E-state index in [1.165, 1.54) is 12.1 Å². The largest absolute Gasteiger partial charge is 0.489 e. The smallest absolute Gasteiger partial charge is 0.416 e. The van der Waals surface area contributed by atoms with E-state index in [4.69, 9.17) is 16.3 Å². The lowest BCUT2D eigenvalue weighted by molar-refractivity contribution is -0.137. The summed E-state index contributed by atoms with van der Waals surface area (Å²) in [6, 6.07) is 12.2. The Kier molecular flexibility index (Phi) is 4.55. The van der Waals surface area contributed by atoms with Gasteiger partial charge >= 0.3 is 6.18 Å². The van der Waals surface area contributed by atoms with Crippen molar-refractivity contribution in [3.8, 4) is 5.75 Å². The highest BCUT2D eigenvalue weighted by molar-refractivity contribution is 6.17. The Morgan fingerprint density at radius 2 is 1.65 bits per heavy atom. The predicted octanol–water partition coefficient (Wildman–Crippen LogP) is 5.02. The van der Waals surface area contributed by atoms with Gasteiger partial charge in [-0.15, -0.1) is 11.6 Å². The number of alkyl halides is 4. The molecular formula is C15H12ClF3O. The van der Waals surface area contributed by atoms with Crippen LogP contribution in [0.2, 0.25) is 0 Å². The Hall–Kier alpha value is -1.68. The van der Waals surface area contributed by atoms with Crippen molar-refractivity contribution >= 4 is 11.6 Å². The van der Waals surface area contributed by atoms with Crippen LogP contribution in [0.3, 0.4) is 0 Å².